The van der Waals surface area contributed by atoms with E-state index in [-0.39, 0.29) is 5.91 Å². The fourth-order valence-corrected chi connectivity index (χ4v) is 1.64. The zero-order chi connectivity index (χ0) is 12.4. The lowest BCUT2D eigenvalue weighted by Crippen LogP contribution is -2.14. The summed E-state index contributed by atoms with van der Waals surface area (Å²) in [7, 11) is 1.68. The second-order valence-electron chi connectivity index (χ2n) is 3.94. The van der Waals surface area contributed by atoms with E-state index < -0.39 is 0 Å². The van der Waals surface area contributed by atoms with E-state index in [9.17, 15) is 4.79 Å². The molecule has 2 rings (SSSR count). The fourth-order valence-electron chi connectivity index (χ4n) is 1.64. The molecule has 0 radical (unpaired) electrons. The van der Waals surface area contributed by atoms with Crippen LogP contribution in [0.25, 0.3) is 0 Å². The molecule has 17 heavy (non-hydrogen) atoms. The Kier molecular flexibility index (Phi) is 2.91. The van der Waals surface area contributed by atoms with Crippen LogP contribution in [0.3, 0.4) is 0 Å². The first-order valence-electron chi connectivity index (χ1n) is 5.32. The molecule has 0 aliphatic heterocycles. The number of para-hydroxylation sites is 1. The minimum atomic E-state index is -0.240. The molecule has 0 aliphatic carbocycles. The van der Waals surface area contributed by atoms with E-state index in [4.69, 9.17) is 0 Å². The van der Waals surface area contributed by atoms with Crippen LogP contribution in [0.4, 0.5) is 5.69 Å². The van der Waals surface area contributed by atoms with Crippen LogP contribution >= 0.6 is 0 Å². The van der Waals surface area contributed by atoms with Crippen LogP contribution in [-0.2, 0) is 7.05 Å². The number of carbonyl (C=O) groups is 1. The Morgan fingerprint density at radius 1 is 1.29 bits per heavy atom. The molecule has 1 aromatic carbocycles. The maximum Gasteiger partial charge on any atom is 0.277 e. The summed E-state index contributed by atoms with van der Waals surface area (Å²) in [5.41, 5.74) is 3.21. The van der Waals surface area contributed by atoms with Gasteiger partial charge in [-0.05, 0) is 25.0 Å². The summed E-state index contributed by atoms with van der Waals surface area (Å²) in [6.07, 6.45) is 1.45. The summed E-state index contributed by atoms with van der Waals surface area (Å²) in [5, 5.41) is 10.7. The molecule has 0 saturated heterocycles. The summed E-state index contributed by atoms with van der Waals surface area (Å²) >= 11 is 0. The molecule has 1 aromatic heterocycles. The Labute approximate surface area is 99.5 Å². The van der Waals surface area contributed by atoms with E-state index in [1.807, 2.05) is 32.0 Å². The van der Waals surface area contributed by atoms with Crippen molar-refractivity contribution in [3.63, 3.8) is 0 Å². The molecule has 0 bridgehead atoms. The molecule has 1 N–H and O–H groups in total. The van der Waals surface area contributed by atoms with Crippen molar-refractivity contribution in [1.29, 1.82) is 0 Å². The molecular formula is C12H14N4O. The molecule has 88 valence electrons. The largest absolute Gasteiger partial charge is 0.320 e. The number of aryl methyl sites for hydroxylation is 3. The van der Waals surface area contributed by atoms with Crippen LogP contribution in [0, 0.1) is 13.8 Å². The summed E-state index contributed by atoms with van der Waals surface area (Å²) in [5.74, 6) is -0.240. The predicted octanol–water partition coefficient (Wildman–Crippen LogP) is 1.68. The molecular weight excluding hydrogens is 216 g/mol. The van der Waals surface area contributed by atoms with Gasteiger partial charge in [-0.25, -0.2) is 0 Å². The van der Waals surface area contributed by atoms with Crippen molar-refractivity contribution in [2.75, 3.05) is 5.32 Å². The molecule has 1 heterocycles. The normalized spacial score (nSPS) is 10.3. The van der Waals surface area contributed by atoms with Gasteiger partial charge >= 0.3 is 0 Å². The number of rotatable bonds is 2. The first-order chi connectivity index (χ1) is 8.08. The lowest BCUT2D eigenvalue weighted by atomic mass is 10.1. The highest BCUT2D eigenvalue weighted by Gasteiger charge is 2.12. The number of hydrogen-bond acceptors (Lipinski definition) is 3. The van der Waals surface area contributed by atoms with Crippen LogP contribution in [-0.4, -0.2) is 20.9 Å². The molecule has 1 amide bonds. The third kappa shape index (κ3) is 2.33. The average Bonchev–Trinajstić information content (AvgIpc) is 2.70. The number of nitrogens with one attached hydrogen (secondary N) is 1. The van der Waals surface area contributed by atoms with E-state index in [2.05, 4.69) is 15.5 Å². The van der Waals surface area contributed by atoms with Gasteiger partial charge in [-0.15, -0.1) is 5.10 Å². The van der Waals surface area contributed by atoms with Gasteiger partial charge in [0.1, 0.15) is 0 Å². The van der Waals surface area contributed by atoms with Gasteiger partial charge in [0.15, 0.2) is 5.69 Å². The van der Waals surface area contributed by atoms with Crippen LogP contribution < -0.4 is 5.32 Å². The second kappa shape index (κ2) is 4.37. The first kappa shape index (κ1) is 11.3. The van der Waals surface area contributed by atoms with Crippen LogP contribution in [0.1, 0.15) is 21.6 Å². The monoisotopic (exact) mass is 230 g/mol. The number of benzene rings is 1. The number of anilines is 1. The van der Waals surface area contributed by atoms with Crippen molar-refractivity contribution in [2.24, 2.45) is 7.05 Å². The summed E-state index contributed by atoms with van der Waals surface area (Å²) in [6.45, 7) is 3.92. The van der Waals surface area contributed by atoms with Crippen molar-refractivity contribution in [3.05, 3.63) is 41.2 Å². The number of nitrogens with zero attached hydrogens (tertiary/aromatic N) is 3. The van der Waals surface area contributed by atoms with Gasteiger partial charge in [-0.1, -0.05) is 18.2 Å². The van der Waals surface area contributed by atoms with Crippen LogP contribution in [0.2, 0.25) is 0 Å². The molecule has 0 saturated carbocycles. The summed E-state index contributed by atoms with van der Waals surface area (Å²) in [6, 6.07) is 5.88. The molecule has 0 atom stereocenters. The minimum Gasteiger partial charge on any atom is -0.320 e. The van der Waals surface area contributed by atoms with E-state index in [1.54, 1.807) is 7.05 Å². The SMILES string of the molecule is Cc1cccc(C)c1NC(=O)c1cnn(C)n1. The van der Waals surface area contributed by atoms with Crippen molar-refractivity contribution >= 4 is 11.6 Å². The van der Waals surface area contributed by atoms with Gasteiger partial charge < -0.3 is 5.32 Å². The smallest absolute Gasteiger partial charge is 0.277 e. The predicted molar refractivity (Wildman–Crippen MR) is 64.9 cm³/mol. The lowest BCUT2D eigenvalue weighted by molar-refractivity contribution is 0.102. The Hall–Kier alpha value is -2.17. The number of hydrogen-bond donors (Lipinski definition) is 1. The van der Waals surface area contributed by atoms with E-state index in [0.29, 0.717) is 5.69 Å². The zero-order valence-electron chi connectivity index (χ0n) is 10.1. The first-order valence-corrected chi connectivity index (χ1v) is 5.32. The van der Waals surface area contributed by atoms with Crippen molar-refractivity contribution in [1.82, 2.24) is 15.0 Å². The number of carbonyl (C=O) groups excluding carboxylic acids is 1. The van der Waals surface area contributed by atoms with Gasteiger partial charge in [0.05, 0.1) is 6.20 Å². The lowest BCUT2D eigenvalue weighted by Gasteiger charge is -2.09. The average molecular weight is 230 g/mol. The molecule has 0 unspecified atom stereocenters. The van der Waals surface area contributed by atoms with Gasteiger partial charge in [0, 0.05) is 12.7 Å². The fraction of sp³-hybridized carbons (Fsp3) is 0.250. The molecule has 0 aliphatic rings. The van der Waals surface area contributed by atoms with E-state index in [1.165, 1.54) is 11.0 Å². The minimum absolute atomic E-state index is 0.240. The summed E-state index contributed by atoms with van der Waals surface area (Å²) < 4.78 is 0. The Bertz CT molecular complexity index is 539. The molecule has 5 nitrogen and oxygen atoms in total. The maximum atomic E-state index is 11.9. The van der Waals surface area contributed by atoms with Crippen LogP contribution in [0.5, 0.6) is 0 Å². The zero-order valence-corrected chi connectivity index (χ0v) is 10.1. The molecule has 0 spiro atoms. The second-order valence-corrected chi connectivity index (χ2v) is 3.94. The van der Waals surface area contributed by atoms with Gasteiger partial charge in [0.25, 0.3) is 5.91 Å². The number of aromatic nitrogens is 3. The topological polar surface area (TPSA) is 59.8 Å². The Morgan fingerprint density at radius 2 is 1.94 bits per heavy atom. The van der Waals surface area contributed by atoms with Gasteiger partial charge in [-0.3, -0.25) is 4.79 Å². The van der Waals surface area contributed by atoms with Crippen LogP contribution in [0.15, 0.2) is 24.4 Å². The maximum absolute atomic E-state index is 11.9. The Morgan fingerprint density at radius 3 is 2.47 bits per heavy atom. The summed E-state index contributed by atoms with van der Waals surface area (Å²) in [4.78, 5) is 13.3. The third-order valence-electron chi connectivity index (χ3n) is 2.55. The van der Waals surface area contributed by atoms with Gasteiger partial charge in [0.2, 0.25) is 0 Å². The highest BCUT2D eigenvalue weighted by atomic mass is 16.2. The molecule has 5 heteroatoms. The third-order valence-corrected chi connectivity index (χ3v) is 2.55. The van der Waals surface area contributed by atoms with Crippen molar-refractivity contribution < 1.29 is 4.79 Å². The van der Waals surface area contributed by atoms with E-state index in [0.717, 1.165) is 16.8 Å². The van der Waals surface area contributed by atoms with Crippen molar-refractivity contribution in [3.8, 4) is 0 Å². The van der Waals surface area contributed by atoms with E-state index >= 15 is 0 Å². The Balaban J connectivity index is 2.24. The highest BCUT2D eigenvalue weighted by molar-refractivity contribution is 6.03. The highest BCUT2D eigenvalue weighted by Crippen LogP contribution is 2.19. The quantitative estimate of drug-likeness (QED) is 0.854. The van der Waals surface area contributed by atoms with Crippen molar-refractivity contribution in [2.45, 2.75) is 13.8 Å². The molecule has 0 fully saturated rings. The molecule has 2 aromatic rings. The number of amides is 1. The standard InChI is InChI=1S/C12H14N4O/c1-8-5-4-6-9(2)11(8)14-12(17)10-7-13-16(3)15-10/h4-7H,1-3H3,(H,14,17). The van der Waals surface area contributed by atoms with Gasteiger partial charge in [-0.2, -0.15) is 9.90 Å².